The molecule has 3 heteroatoms. The van der Waals surface area contributed by atoms with Crippen molar-refractivity contribution in [3.8, 4) is 0 Å². The van der Waals surface area contributed by atoms with Crippen LogP contribution in [0.15, 0.2) is 12.2 Å². The Hall–Kier alpha value is -0.830. The Morgan fingerprint density at radius 2 is 1.52 bits per heavy atom. The van der Waals surface area contributed by atoms with E-state index in [9.17, 15) is 15.0 Å². The third kappa shape index (κ3) is 2.75. The molecule has 5 aliphatic rings. The fourth-order valence-electron chi connectivity index (χ4n) is 11.5. The number of hydrogen-bond acceptors (Lipinski definition) is 2. The summed E-state index contributed by atoms with van der Waals surface area (Å²) in [6, 6.07) is 0. The van der Waals surface area contributed by atoms with Crippen LogP contribution in [0.25, 0.3) is 0 Å². The molecular weight excluding hydrogens is 408 g/mol. The largest absolute Gasteiger partial charge is 0.481 e. The third-order valence-corrected chi connectivity index (χ3v) is 13.6. The maximum absolute atomic E-state index is 12.5. The van der Waals surface area contributed by atoms with Crippen LogP contribution in [0.4, 0.5) is 0 Å². The minimum atomic E-state index is -1.02. The first-order valence-electron chi connectivity index (χ1n) is 13.8. The number of allylic oxidation sites excluding steroid dienone is 1. The lowest BCUT2D eigenvalue weighted by Gasteiger charge is -2.72. The summed E-state index contributed by atoms with van der Waals surface area (Å²) in [4.78, 5) is 12.5. The first-order chi connectivity index (χ1) is 15.3. The molecule has 5 saturated carbocycles. The van der Waals surface area contributed by atoms with Crippen molar-refractivity contribution in [2.75, 3.05) is 0 Å². The summed E-state index contributed by atoms with van der Waals surface area (Å²) in [7, 11) is 0. The normalized spacial score (nSPS) is 57.9. The van der Waals surface area contributed by atoms with E-state index in [0.29, 0.717) is 29.1 Å². The molecule has 5 aliphatic carbocycles. The van der Waals surface area contributed by atoms with Crippen LogP contribution < -0.4 is 0 Å². The topological polar surface area (TPSA) is 57.5 Å². The molecule has 33 heavy (non-hydrogen) atoms. The predicted molar refractivity (Wildman–Crippen MR) is 133 cm³/mol. The molecule has 11 atom stereocenters. The Bertz CT molecular complexity index is 865. The molecule has 0 aromatic carbocycles. The van der Waals surface area contributed by atoms with Crippen molar-refractivity contribution >= 4 is 5.97 Å². The third-order valence-electron chi connectivity index (χ3n) is 13.6. The van der Waals surface area contributed by atoms with E-state index >= 15 is 0 Å². The van der Waals surface area contributed by atoms with Gasteiger partial charge >= 0.3 is 5.97 Å². The second kappa shape index (κ2) is 7.11. The van der Waals surface area contributed by atoms with E-state index in [0.717, 1.165) is 31.1 Å². The van der Waals surface area contributed by atoms with E-state index in [2.05, 4.69) is 41.2 Å². The van der Waals surface area contributed by atoms with Crippen LogP contribution >= 0.6 is 0 Å². The van der Waals surface area contributed by atoms with Gasteiger partial charge < -0.3 is 10.2 Å². The molecule has 0 aliphatic heterocycles. The second-order valence-corrected chi connectivity index (χ2v) is 14.5. The summed E-state index contributed by atoms with van der Waals surface area (Å²) >= 11 is 0. The van der Waals surface area contributed by atoms with Gasteiger partial charge in [-0.15, -0.1) is 0 Å². The molecule has 0 spiro atoms. The number of aliphatic hydroxyl groups excluding tert-OH is 1. The van der Waals surface area contributed by atoms with Gasteiger partial charge in [-0.25, -0.2) is 0 Å². The molecule has 0 unspecified atom stereocenters. The van der Waals surface area contributed by atoms with Crippen LogP contribution in [0.1, 0.15) is 106 Å². The number of aliphatic carboxylic acids is 1. The van der Waals surface area contributed by atoms with Gasteiger partial charge in [0, 0.05) is 0 Å². The number of aliphatic hydroxyl groups is 1. The van der Waals surface area contributed by atoms with Crippen LogP contribution in [0.3, 0.4) is 0 Å². The monoisotopic (exact) mass is 456 g/mol. The Kier molecular flexibility index (Phi) is 5.15. The van der Waals surface area contributed by atoms with Gasteiger partial charge in [0.15, 0.2) is 0 Å². The molecule has 0 heterocycles. The molecule has 5 fully saturated rings. The molecule has 3 nitrogen and oxygen atoms in total. The Balaban J connectivity index is 1.55. The molecule has 0 bridgehead atoms. The average molecular weight is 457 g/mol. The summed E-state index contributed by atoms with van der Waals surface area (Å²) in [5, 5.41) is 21.1. The van der Waals surface area contributed by atoms with E-state index in [1.54, 1.807) is 0 Å². The lowest BCUT2D eigenvalue weighted by atomic mass is 9.32. The Morgan fingerprint density at radius 1 is 0.818 bits per heavy atom. The zero-order chi connectivity index (χ0) is 24.2. The SMILES string of the molecule is C=C(C)[C@@H]1CC[C@]2(C)CC[C@]3(C)[C@H](CC[C@@H]4[C@@]5(C)CC[C@H](O)[C@@](C)(C(=O)O)[C@@H]5CC[C@]43C)[C@@H]12. The number of carboxylic acid groups (broad SMARTS) is 1. The van der Waals surface area contributed by atoms with E-state index in [1.165, 1.54) is 44.1 Å². The summed E-state index contributed by atoms with van der Waals surface area (Å²) in [6.07, 6.45) is 10.8. The zero-order valence-corrected chi connectivity index (χ0v) is 22.0. The van der Waals surface area contributed by atoms with Gasteiger partial charge in [0.2, 0.25) is 0 Å². The van der Waals surface area contributed by atoms with Crippen molar-refractivity contribution < 1.29 is 15.0 Å². The number of carboxylic acids is 1. The van der Waals surface area contributed by atoms with Crippen LogP contribution in [0.5, 0.6) is 0 Å². The first kappa shape index (κ1) is 23.9. The minimum Gasteiger partial charge on any atom is -0.481 e. The number of hydrogen-bond donors (Lipinski definition) is 2. The Labute approximate surface area is 201 Å². The Morgan fingerprint density at radius 3 is 2.15 bits per heavy atom. The van der Waals surface area contributed by atoms with Crippen molar-refractivity contribution in [2.24, 2.45) is 56.7 Å². The molecule has 0 aromatic rings. The molecule has 0 aromatic heterocycles. The van der Waals surface area contributed by atoms with Crippen molar-refractivity contribution in [1.29, 1.82) is 0 Å². The molecule has 5 rings (SSSR count). The van der Waals surface area contributed by atoms with Gasteiger partial charge in [0.25, 0.3) is 0 Å². The standard InChI is InChI=1S/C30H48O3/c1-18(2)19-10-13-26(3)16-17-28(5)20(24(19)26)8-9-21-27(4)14-12-23(31)30(7,25(32)33)22(27)11-15-29(21,28)6/h19-24,31H,1,8-17H2,2-7H3,(H,32,33)/t19-,20+,21+,22+,23-,24+,26+,27+,28+,29+,30-/m0/s1. The van der Waals surface area contributed by atoms with Gasteiger partial charge in [-0.2, -0.15) is 0 Å². The van der Waals surface area contributed by atoms with Crippen LogP contribution in [-0.4, -0.2) is 22.3 Å². The fourth-order valence-corrected chi connectivity index (χ4v) is 11.5. The highest BCUT2D eigenvalue weighted by molar-refractivity contribution is 5.76. The number of fused-ring (bicyclic) bond motifs is 7. The van der Waals surface area contributed by atoms with E-state index in [4.69, 9.17) is 0 Å². The summed E-state index contributed by atoms with van der Waals surface area (Å²) < 4.78 is 0. The minimum absolute atomic E-state index is 0.00245. The fraction of sp³-hybridized carbons (Fsp3) is 0.900. The molecular formula is C30H48O3. The molecule has 0 saturated heterocycles. The van der Waals surface area contributed by atoms with Gasteiger partial charge in [-0.3, -0.25) is 4.79 Å². The van der Waals surface area contributed by atoms with Crippen molar-refractivity contribution in [3.63, 3.8) is 0 Å². The smallest absolute Gasteiger partial charge is 0.312 e. The maximum Gasteiger partial charge on any atom is 0.312 e. The highest BCUT2D eigenvalue weighted by Gasteiger charge is 2.71. The van der Waals surface area contributed by atoms with Crippen molar-refractivity contribution in [1.82, 2.24) is 0 Å². The first-order valence-corrected chi connectivity index (χ1v) is 13.8. The highest BCUT2D eigenvalue weighted by Crippen LogP contribution is 2.77. The van der Waals surface area contributed by atoms with Crippen molar-refractivity contribution in [3.05, 3.63) is 12.2 Å². The van der Waals surface area contributed by atoms with E-state index < -0.39 is 17.5 Å². The highest BCUT2D eigenvalue weighted by atomic mass is 16.4. The lowest BCUT2D eigenvalue weighted by molar-refractivity contribution is -0.250. The predicted octanol–water partition coefficient (Wildman–Crippen LogP) is 7.09. The van der Waals surface area contributed by atoms with Crippen LogP contribution in [-0.2, 0) is 4.79 Å². The van der Waals surface area contributed by atoms with E-state index in [-0.39, 0.29) is 16.7 Å². The second-order valence-electron chi connectivity index (χ2n) is 14.5. The quantitative estimate of drug-likeness (QED) is 0.436. The maximum atomic E-state index is 12.5. The molecule has 0 radical (unpaired) electrons. The number of carbonyl (C=O) groups is 1. The van der Waals surface area contributed by atoms with E-state index in [1.807, 2.05) is 6.92 Å². The average Bonchev–Trinajstić information content (AvgIpc) is 3.09. The van der Waals surface area contributed by atoms with Gasteiger partial charge in [-0.05, 0) is 129 Å². The van der Waals surface area contributed by atoms with Crippen molar-refractivity contribution in [2.45, 2.75) is 112 Å². The number of rotatable bonds is 2. The molecule has 186 valence electrons. The molecule has 0 amide bonds. The zero-order valence-electron chi connectivity index (χ0n) is 22.0. The van der Waals surface area contributed by atoms with Crippen LogP contribution in [0, 0.1) is 56.7 Å². The lowest BCUT2D eigenvalue weighted by Crippen LogP contribution is -2.67. The summed E-state index contributed by atoms with van der Waals surface area (Å²) in [6.45, 7) is 18.8. The summed E-state index contributed by atoms with van der Waals surface area (Å²) in [5.41, 5.74) is 1.39. The van der Waals surface area contributed by atoms with Gasteiger partial charge in [0.1, 0.15) is 0 Å². The molecule has 2 N–H and O–H groups in total. The van der Waals surface area contributed by atoms with Gasteiger partial charge in [-0.1, -0.05) is 39.8 Å². The summed E-state index contributed by atoms with van der Waals surface area (Å²) in [5.74, 6) is 2.00. The van der Waals surface area contributed by atoms with Crippen LogP contribution in [0.2, 0.25) is 0 Å². The van der Waals surface area contributed by atoms with Gasteiger partial charge in [0.05, 0.1) is 11.5 Å².